The Hall–Kier alpha value is -0.610. The summed E-state index contributed by atoms with van der Waals surface area (Å²) in [7, 11) is 0. The van der Waals surface area contributed by atoms with E-state index in [1.807, 2.05) is 6.92 Å². The topological polar surface area (TPSA) is 52.6 Å². The molecule has 2 fully saturated rings. The Kier molecular flexibility index (Phi) is 3.22. The molecule has 0 amide bonds. The van der Waals surface area contributed by atoms with Crippen LogP contribution in [0.2, 0.25) is 0 Å². The fourth-order valence-electron chi connectivity index (χ4n) is 2.44. The first-order valence-corrected chi connectivity index (χ1v) is 6.30. The van der Waals surface area contributed by atoms with Crippen molar-refractivity contribution in [1.29, 1.82) is 0 Å². The van der Waals surface area contributed by atoms with Crippen LogP contribution in [0, 0.1) is 0 Å². The zero-order valence-electron chi connectivity index (χ0n) is 10.2. The Morgan fingerprint density at radius 1 is 1.50 bits per heavy atom. The zero-order chi connectivity index (χ0) is 11.8. The predicted octanol–water partition coefficient (Wildman–Crippen LogP) is 1.07. The molecule has 0 aromatic heterocycles. The number of carboxylic acids is 1. The maximum Gasteiger partial charge on any atom is 0.323 e. The van der Waals surface area contributed by atoms with Crippen molar-refractivity contribution in [2.24, 2.45) is 0 Å². The molecule has 0 aromatic carbocycles. The number of nitrogens with one attached hydrogen (secondary N) is 1. The van der Waals surface area contributed by atoms with E-state index in [2.05, 4.69) is 10.2 Å². The van der Waals surface area contributed by atoms with Crippen LogP contribution in [0.25, 0.3) is 0 Å². The second-order valence-corrected chi connectivity index (χ2v) is 5.35. The minimum Gasteiger partial charge on any atom is -0.480 e. The van der Waals surface area contributed by atoms with Crippen LogP contribution in [-0.2, 0) is 4.79 Å². The van der Waals surface area contributed by atoms with Gasteiger partial charge < -0.3 is 5.11 Å². The third-order valence-corrected chi connectivity index (χ3v) is 3.98. The normalized spacial score (nSPS) is 30.2. The Morgan fingerprint density at radius 3 is 2.69 bits per heavy atom. The maximum atomic E-state index is 11.2. The SMILES string of the molecule is CCC(C)(NC1CCN(C2CC2)C1)C(=O)O. The number of carbonyl (C=O) groups is 1. The third kappa shape index (κ3) is 2.38. The first-order valence-electron chi connectivity index (χ1n) is 6.30. The molecule has 4 heteroatoms. The van der Waals surface area contributed by atoms with E-state index in [-0.39, 0.29) is 0 Å². The van der Waals surface area contributed by atoms with E-state index in [1.165, 1.54) is 12.8 Å². The standard InChI is InChI=1S/C12H22N2O2/c1-3-12(2,11(15)16)13-9-6-7-14(8-9)10-4-5-10/h9-10,13H,3-8H2,1-2H3,(H,15,16). The van der Waals surface area contributed by atoms with Crippen LogP contribution in [0.15, 0.2) is 0 Å². The molecule has 0 radical (unpaired) electrons. The van der Waals surface area contributed by atoms with Crippen LogP contribution in [0.4, 0.5) is 0 Å². The highest BCUT2D eigenvalue weighted by molar-refractivity contribution is 5.78. The van der Waals surface area contributed by atoms with Crippen molar-refractivity contribution in [2.45, 2.75) is 57.2 Å². The van der Waals surface area contributed by atoms with Gasteiger partial charge in [0.2, 0.25) is 0 Å². The number of nitrogens with zero attached hydrogens (tertiary/aromatic N) is 1. The highest BCUT2D eigenvalue weighted by atomic mass is 16.4. The Balaban J connectivity index is 1.87. The molecule has 2 atom stereocenters. The van der Waals surface area contributed by atoms with Crippen molar-refractivity contribution in [3.8, 4) is 0 Å². The quantitative estimate of drug-likeness (QED) is 0.736. The molecule has 0 spiro atoms. The van der Waals surface area contributed by atoms with Gasteiger partial charge in [0.05, 0.1) is 0 Å². The van der Waals surface area contributed by atoms with E-state index in [9.17, 15) is 9.90 Å². The van der Waals surface area contributed by atoms with Gasteiger partial charge in [0.25, 0.3) is 0 Å². The minimum absolute atomic E-state index is 0.349. The van der Waals surface area contributed by atoms with Crippen molar-refractivity contribution in [3.05, 3.63) is 0 Å². The molecule has 1 saturated carbocycles. The van der Waals surface area contributed by atoms with Crippen LogP contribution in [-0.4, -0.2) is 46.7 Å². The van der Waals surface area contributed by atoms with E-state index in [1.54, 1.807) is 6.92 Å². The monoisotopic (exact) mass is 226 g/mol. The summed E-state index contributed by atoms with van der Waals surface area (Å²) in [6.07, 6.45) is 4.37. The summed E-state index contributed by atoms with van der Waals surface area (Å²) in [5.41, 5.74) is -0.760. The van der Waals surface area contributed by atoms with Crippen LogP contribution in [0.1, 0.15) is 39.5 Å². The third-order valence-electron chi connectivity index (χ3n) is 3.98. The number of carboxylic acid groups (broad SMARTS) is 1. The number of hydrogen-bond donors (Lipinski definition) is 2. The van der Waals surface area contributed by atoms with Gasteiger partial charge in [0.1, 0.15) is 5.54 Å². The first kappa shape index (κ1) is 11.9. The van der Waals surface area contributed by atoms with Crippen LogP contribution >= 0.6 is 0 Å². The van der Waals surface area contributed by atoms with Gasteiger partial charge in [-0.2, -0.15) is 0 Å². The Labute approximate surface area is 97.0 Å². The molecule has 1 saturated heterocycles. The largest absolute Gasteiger partial charge is 0.480 e. The van der Waals surface area contributed by atoms with Crippen molar-refractivity contribution in [3.63, 3.8) is 0 Å². The van der Waals surface area contributed by atoms with Crippen molar-refractivity contribution < 1.29 is 9.90 Å². The van der Waals surface area contributed by atoms with E-state index < -0.39 is 11.5 Å². The molecule has 0 bridgehead atoms. The van der Waals surface area contributed by atoms with Crippen LogP contribution < -0.4 is 5.32 Å². The fourth-order valence-corrected chi connectivity index (χ4v) is 2.44. The summed E-state index contributed by atoms with van der Waals surface area (Å²) < 4.78 is 0. The molecule has 1 aliphatic carbocycles. The summed E-state index contributed by atoms with van der Waals surface area (Å²) in [4.78, 5) is 13.7. The summed E-state index contributed by atoms with van der Waals surface area (Å²) in [6, 6.07) is 1.14. The molecule has 4 nitrogen and oxygen atoms in total. The lowest BCUT2D eigenvalue weighted by atomic mass is 9.97. The average Bonchev–Trinajstić information content (AvgIpc) is 3.00. The van der Waals surface area contributed by atoms with Gasteiger partial charge >= 0.3 is 5.97 Å². The molecule has 2 unspecified atom stereocenters. The van der Waals surface area contributed by atoms with E-state index in [4.69, 9.17) is 0 Å². The fraction of sp³-hybridized carbons (Fsp3) is 0.917. The Morgan fingerprint density at radius 2 is 2.19 bits per heavy atom. The smallest absolute Gasteiger partial charge is 0.323 e. The second kappa shape index (κ2) is 4.34. The van der Waals surface area contributed by atoms with E-state index >= 15 is 0 Å². The van der Waals surface area contributed by atoms with Gasteiger partial charge in [-0.1, -0.05) is 6.92 Å². The van der Waals surface area contributed by atoms with Gasteiger partial charge in [0.15, 0.2) is 0 Å². The molecule has 2 rings (SSSR count). The molecule has 2 aliphatic rings. The van der Waals surface area contributed by atoms with Gasteiger partial charge in [-0.15, -0.1) is 0 Å². The molecule has 1 aliphatic heterocycles. The van der Waals surface area contributed by atoms with Crippen molar-refractivity contribution in [1.82, 2.24) is 10.2 Å². The van der Waals surface area contributed by atoms with E-state index in [0.29, 0.717) is 12.5 Å². The number of rotatable bonds is 5. The Bertz CT molecular complexity index is 278. The molecular formula is C12H22N2O2. The van der Waals surface area contributed by atoms with Gasteiger partial charge in [0, 0.05) is 25.2 Å². The zero-order valence-corrected chi connectivity index (χ0v) is 10.2. The molecule has 0 aromatic rings. The average molecular weight is 226 g/mol. The maximum absolute atomic E-state index is 11.2. The highest BCUT2D eigenvalue weighted by Gasteiger charge is 2.39. The minimum atomic E-state index is -0.760. The van der Waals surface area contributed by atoms with E-state index in [0.717, 1.165) is 25.6 Å². The van der Waals surface area contributed by atoms with Crippen LogP contribution in [0.5, 0.6) is 0 Å². The molecule has 92 valence electrons. The summed E-state index contributed by atoms with van der Waals surface area (Å²) in [5.74, 6) is -0.736. The number of aliphatic carboxylic acids is 1. The molecule has 2 N–H and O–H groups in total. The first-order chi connectivity index (χ1) is 7.55. The number of hydrogen-bond acceptors (Lipinski definition) is 3. The lowest BCUT2D eigenvalue weighted by Crippen LogP contribution is -2.54. The van der Waals surface area contributed by atoms with Gasteiger partial charge in [-0.25, -0.2) is 0 Å². The van der Waals surface area contributed by atoms with Crippen molar-refractivity contribution in [2.75, 3.05) is 13.1 Å². The number of likely N-dealkylation sites (tertiary alicyclic amines) is 1. The van der Waals surface area contributed by atoms with Crippen LogP contribution in [0.3, 0.4) is 0 Å². The lowest BCUT2D eigenvalue weighted by Gasteiger charge is -2.28. The van der Waals surface area contributed by atoms with Gasteiger partial charge in [-0.3, -0.25) is 15.0 Å². The molecule has 16 heavy (non-hydrogen) atoms. The summed E-state index contributed by atoms with van der Waals surface area (Å²) in [5, 5.41) is 12.5. The summed E-state index contributed by atoms with van der Waals surface area (Å²) in [6.45, 7) is 5.86. The lowest BCUT2D eigenvalue weighted by molar-refractivity contribution is -0.144. The second-order valence-electron chi connectivity index (χ2n) is 5.35. The highest BCUT2D eigenvalue weighted by Crippen LogP contribution is 2.30. The predicted molar refractivity (Wildman–Crippen MR) is 62.5 cm³/mol. The molecular weight excluding hydrogens is 204 g/mol. The van der Waals surface area contributed by atoms with Gasteiger partial charge in [-0.05, 0) is 32.6 Å². The van der Waals surface area contributed by atoms with Crippen molar-refractivity contribution >= 4 is 5.97 Å². The molecule has 1 heterocycles. The summed E-state index contributed by atoms with van der Waals surface area (Å²) >= 11 is 0.